The standard InChI is InChI=1S/C21H25N3O3/c1-2-11-22-21(26)18-5-3-4-6-19(18)23-20(25)16-7-9-17(10-8-16)24-12-14-27-15-13-24/h3-10H,2,11-15H2,1H3,(H,22,26)(H,23,25). The molecule has 1 saturated heterocycles. The molecule has 0 radical (unpaired) electrons. The van der Waals surface area contributed by atoms with Crippen molar-refractivity contribution in [2.24, 2.45) is 0 Å². The lowest BCUT2D eigenvalue weighted by molar-refractivity contribution is 0.0954. The van der Waals surface area contributed by atoms with Gasteiger partial charge >= 0.3 is 0 Å². The fourth-order valence-corrected chi connectivity index (χ4v) is 2.96. The van der Waals surface area contributed by atoms with Gasteiger partial charge in [-0.05, 0) is 42.8 Å². The average Bonchev–Trinajstić information content (AvgIpc) is 2.73. The van der Waals surface area contributed by atoms with Crippen molar-refractivity contribution in [3.8, 4) is 0 Å². The van der Waals surface area contributed by atoms with Crippen LogP contribution < -0.4 is 15.5 Å². The van der Waals surface area contributed by atoms with Crippen LogP contribution in [0.25, 0.3) is 0 Å². The van der Waals surface area contributed by atoms with E-state index in [9.17, 15) is 9.59 Å². The SMILES string of the molecule is CCCNC(=O)c1ccccc1NC(=O)c1ccc(N2CCOCC2)cc1. The Labute approximate surface area is 159 Å². The molecule has 1 heterocycles. The number of nitrogens with one attached hydrogen (secondary N) is 2. The van der Waals surface area contributed by atoms with Crippen molar-refractivity contribution >= 4 is 23.2 Å². The van der Waals surface area contributed by atoms with Crippen LogP contribution in [0.1, 0.15) is 34.1 Å². The van der Waals surface area contributed by atoms with Crippen molar-refractivity contribution in [1.82, 2.24) is 5.32 Å². The van der Waals surface area contributed by atoms with Crippen molar-refractivity contribution < 1.29 is 14.3 Å². The molecule has 0 bridgehead atoms. The van der Waals surface area contributed by atoms with E-state index in [1.807, 2.05) is 19.1 Å². The van der Waals surface area contributed by atoms with Crippen LogP contribution in [0.2, 0.25) is 0 Å². The lowest BCUT2D eigenvalue weighted by atomic mass is 10.1. The third-order valence-corrected chi connectivity index (χ3v) is 4.46. The number of benzene rings is 2. The summed E-state index contributed by atoms with van der Waals surface area (Å²) >= 11 is 0. The number of carbonyl (C=O) groups is 2. The fraction of sp³-hybridized carbons (Fsp3) is 0.333. The molecule has 6 nitrogen and oxygen atoms in total. The number of amides is 2. The summed E-state index contributed by atoms with van der Waals surface area (Å²) in [5, 5.41) is 5.69. The van der Waals surface area contributed by atoms with Gasteiger partial charge in [-0.1, -0.05) is 19.1 Å². The molecule has 2 aromatic carbocycles. The van der Waals surface area contributed by atoms with Gasteiger partial charge in [-0.3, -0.25) is 9.59 Å². The number of para-hydroxylation sites is 1. The van der Waals surface area contributed by atoms with E-state index in [1.165, 1.54) is 0 Å². The van der Waals surface area contributed by atoms with Crippen LogP contribution in [-0.2, 0) is 4.74 Å². The molecule has 0 atom stereocenters. The van der Waals surface area contributed by atoms with Crippen molar-refractivity contribution in [3.63, 3.8) is 0 Å². The summed E-state index contributed by atoms with van der Waals surface area (Å²) in [5.74, 6) is -0.422. The van der Waals surface area contributed by atoms with Gasteiger partial charge in [0.25, 0.3) is 11.8 Å². The Hall–Kier alpha value is -2.86. The number of carbonyl (C=O) groups excluding carboxylic acids is 2. The molecule has 0 aromatic heterocycles. The number of anilines is 2. The highest BCUT2D eigenvalue weighted by Crippen LogP contribution is 2.19. The Morgan fingerprint density at radius 1 is 1.00 bits per heavy atom. The number of hydrogen-bond donors (Lipinski definition) is 2. The Kier molecular flexibility index (Phi) is 6.44. The molecule has 3 rings (SSSR count). The molecular formula is C21H25N3O3. The van der Waals surface area contributed by atoms with Gasteiger partial charge in [0, 0.05) is 30.9 Å². The number of rotatable bonds is 6. The first-order valence-electron chi connectivity index (χ1n) is 9.30. The van der Waals surface area contributed by atoms with Gasteiger partial charge in [-0.25, -0.2) is 0 Å². The second kappa shape index (κ2) is 9.19. The lowest BCUT2D eigenvalue weighted by Crippen LogP contribution is -2.36. The molecule has 0 aliphatic carbocycles. The largest absolute Gasteiger partial charge is 0.378 e. The predicted molar refractivity (Wildman–Crippen MR) is 106 cm³/mol. The molecule has 142 valence electrons. The number of ether oxygens (including phenoxy) is 1. The number of hydrogen-bond acceptors (Lipinski definition) is 4. The summed E-state index contributed by atoms with van der Waals surface area (Å²) in [5.41, 5.74) is 2.60. The van der Waals surface area contributed by atoms with E-state index in [2.05, 4.69) is 15.5 Å². The van der Waals surface area contributed by atoms with Crippen LogP contribution in [0.4, 0.5) is 11.4 Å². The lowest BCUT2D eigenvalue weighted by Gasteiger charge is -2.28. The maximum absolute atomic E-state index is 12.6. The van der Waals surface area contributed by atoms with E-state index in [-0.39, 0.29) is 11.8 Å². The van der Waals surface area contributed by atoms with Crippen LogP contribution in [0.5, 0.6) is 0 Å². The highest BCUT2D eigenvalue weighted by molar-refractivity contribution is 6.09. The molecule has 0 saturated carbocycles. The maximum Gasteiger partial charge on any atom is 0.255 e. The summed E-state index contributed by atoms with van der Waals surface area (Å²) in [6.07, 6.45) is 0.857. The molecule has 1 fully saturated rings. The van der Waals surface area contributed by atoms with Gasteiger partial charge in [-0.2, -0.15) is 0 Å². The van der Waals surface area contributed by atoms with Crippen LogP contribution >= 0.6 is 0 Å². The van der Waals surface area contributed by atoms with E-state index in [4.69, 9.17) is 4.74 Å². The van der Waals surface area contributed by atoms with Gasteiger partial charge in [0.1, 0.15) is 0 Å². The molecule has 1 aliphatic rings. The van der Waals surface area contributed by atoms with Crippen LogP contribution in [0.3, 0.4) is 0 Å². The van der Waals surface area contributed by atoms with Gasteiger partial charge in [0.05, 0.1) is 24.5 Å². The zero-order chi connectivity index (χ0) is 19.1. The summed E-state index contributed by atoms with van der Waals surface area (Å²) < 4.78 is 5.37. The third kappa shape index (κ3) is 4.86. The molecular weight excluding hydrogens is 342 g/mol. The summed E-state index contributed by atoms with van der Waals surface area (Å²) in [6, 6.07) is 14.5. The fourth-order valence-electron chi connectivity index (χ4n) is 2.96. The number of morpholine rings is 1. The molecule has 2 aromatic rings. The first-order chi connectivity index (χ1) is 13.2. The molecule has 2 N–H and O–H groups in total. The minimum absolute atomic E-state index is 0.185. The van der Waals surface area contributed by atoms with Gasteiger partial charge in [0.2, 0.25) is 0 Å². The Balaban J connectivity index is 1.69. The normalized spacial score (nSPS) is 13.9. The summed E-state index contributed by atoms with van der Waals surface area (Å²) in [4.78, 5) is 27.1. The van der Waals surface area contributed by atoms with E-state index in [0.29, 0.717) is 23.4 Å². The molecule has 6 heteroatoms. The molecule has 2 amide bonds. The minimum Gasteiger partial charge on any atom is -0.378 e. The monoisotopic (exact) mass is 367 g/mol. The predicted octanol–water partition coefficient (Wildman–Crippen LogP) is 2.92. The Bertz CT molecular complexity index is 784. The van der Waals surface area contributed by atoms with E-state index < -0.39 is 0 Å². The quantitative estimate of drug-likeness (QED) is 0.824. The van der Waals surface area contributed by atoms with Gasteiger partial charge in [-0.15, -0.1) is 0 Å². The van der Waals surface area contributed by atoms with Gasteiger partial charge < -0.3 is 20.3 Å². The Morgan fingerprint density at radius 2 is 1.70 bits per heavy atom. The van der Waals surface area contributed by atoms with Crippen molar-refractivity contribution in [2.75, 3.05) is 43.1 Å². The highest BCUT2D eigenvalue weighted by atomic mass is 16.5. The average molecular weight is 367 g/mol. The zero-order valence-electron chi connectivity index (χ0n) is 15.5. The highest BCUT2D eigenvalue weighted by Gasteiger charge is 2.15. The first kappa shape index (κ1) is 18.9. The molecule has 0 unspecified atom stereocenters. The second-order valence-electron chi connectivity index (χ2n) is 6.40. The van der Waals surface area contributed by atoms with E-state index in [0.717, 1.165) is 38.4 Å². The summed E-state index contributed by atoms with van der Waals surface area (Å²) in [7, 11) is 0. The van der Waals surface area contributed by atoms with Crippen molar-refractivity contribution in [1.29, 1.82) is 0 Å². The summed E-state index contributed by atoms with van der Waals surface area (Å²) in [6.45, 7) is 5.74. The van der Waals surface area contributed by atoms with E-state index >= 15 is 0 Å². The Morgan fingerprint density at radius 3 is 2.41 bits per heavy atom. The number of nitrogens with zero attached hydrogens (tertiary/aromatic N) is 1. The van der Waals surface area contributed by atoms with Crippen LogP contribution in [0.15, 0.2) is 48.5 Å². The minimum atomic E-state index is -0.237. The van der Waals surface area contributed by atoms with Crippen LogP contribution in [-0.4, -0.2) is 44.7 Å². The van der Waals surface area contributed by atoms with Crippen molar-refractivity contribution in [2.45, 2.75) is 13.3 Å². The van der Waals surface area contributed by atoms with Gasteiger partial charge in [0.15, 0.2) is 0 Å². The molecule has 1 aliphatic heterocycles. The zero-order valence-corrected chi connectivity index (χ0v) is 15.5. The first-order valence-corrected chi connectivity index (χ1v) is 9.30. The molecule has 27 heavy (non-hydrogen) atoms. The van der Waals surface area contributed by atoms with E-state index in [1.54, 1.807) is 36.4 Å². The smallest absolute Gasteiger partial charge is 0.255 e. The third-order valence-electron chi connectivity index (χ3n) is 4.46. The maximum atomic E-state index is 12.6. The topological polar surface area (TPSA) is 70.7 Å². The van der Waals surface area contributed by atoms with Crippen molar-refractivity contribution in [3.05, 3.63) is 59.7 Å². The van der Waals surface area contributed by atoms with Crippen LogP contribution in [0, 0.1) is 0 Å². The second-order valence-corrected chi connectivity index (χ2v) is 6.40. The molecule has 0 spiro atoms.